The fraction of sp³-hybridized carbons (Fsp3) is 0.643. The number of hydrogen-bond donors (Lipinski definition) is 0. The predicted octanol–water partition coefficient (Wildman–Crippen LogP) is 2.44. The van der Waals surface area contributed by atoms with E-state index < -0.39 is 17.9 Å². The number of hydrogen-bond acceptors (Lipinski definition) is 4. The first kappa shape index (κ1) is 16.7. The fourth-order valence-corrected chi connectivity index (χ4v) is 2.59. The van der Waals surface area contributed by atoms with Gasteiger partial charge in [0.15, 0.2) is 0 Å². The van der Waals surface area contributed by atoms with Gasteiger partial charge in [-0.05, 0) is 32.3 Å². The first-order chi connectivity index (χ1) is 10.3. The number of aromatic nitrogens is 2. The van der Waals surface area contributed by atoms with Gasteiger partial charge in [0.1, 0.15) is 5.69 Å². The van der Waals surface area contributed by atoms with Gasteiger partial charge >= 0.3 is 6.18 Å². The number of ether oxygens (including phenoxy) is 1. The molecule has 22 heavy (non-hydrogen) atoms. The highest BCUT2D eigenvalue weighted by Crippen LogP contribution is 2.27. The zero-order valence-electron chi connectivity index (χ0n) is 12.5. The number of nitrogens with zero attached hydrogens (tertiary/aromatic N) is 3. The minimum atomic E-state index is -4.67. The van der Waals surface area contributed by atoms with Gasteiger partial charge in [-0.15, -0.1) is 0 Å². The summed E-state index contributed by atoms with van der Waals surface area (Å²) in [5.74, 6) is -1.78. The summed E-state index contributed by atoms with van der Waals surface area (Å²) in [5, 5.41) is 0. The molecular weight excluding hydrogens is 299 g/mol. The number of alkyl halides is 3. The van der Waals surface area contributed by atoms with Crippen molar-refractivity contribution >= 4 is 5.91 Å². The molecule has 1 amide bonds. The van der Waals surface area contributed by atoms with Crippen LogP contribution < -0.4 is 0 Å². The van der Waals surface area contributed by atoms with Crippen LogP contribution in [0.1, 0.15) is 41.3 Å². The molecule has 0 aliphatic carbocycles. The van der Waals surface area contributed by atoms with E-state index in [9.17, 15) is 18.0 Å². The molecule has 5 nitrogen and oxygen atoms in total. The molecule has 0 spiro atoms. The largest absolute Gasteiger partial charge is 0.451 e. The third-order valence-corrected chi connectivity index (χ3v) is 3.57. The molecule has 122 valence electrons. The molecule has 1 atom stereocenters. The first-order valence-corrected chi connectivity index (χ1v) is 7.05. The molecule has 0 radical (unpaired) electrons. The second-order valence-electron chi connectivity index (χ2n) is 5.32. The molecule has 1 aromatic heterocycles. The average molecular weight is 317 g/mol. The van der Waals surface area contributed by atoms with Crippen molar-refractivity contribution in [2.24, 2.45) is 0 Å². The SMILES string of the molecule is COCC1CCCCN1C(=O)c1cc(C)nc(C(F)(F)F)n1. The van der Waals surface area contributed by atoms with Crippen LogP contribution >= 0.6 is 0 Å². The predicted molar refractivity (Wildman–Crippen MR) is 72.3 cm³/mol. The quantitative estimate of drug-likeness (QED) is 0.859. The fourth-order valence-electron chi connectivity index (χ4n) is 2.59. The molecule has 1 saturated heterocycles. The van der Waals surface area contributed by atoms with Crippen molar-refractivity contribution in [3.05, 3.63) is 23.3 Å². The van der Waals surface area contributed by atoms with Gasteiger partial charge in [0.25, 0.3) is 5.91 Å². The molecule has 0 N–H and O–H groups in total. The van der Waals surface area contributed by atoms with Gasteiger partial charge in [-0.1, -0.05) is 0 Å². The Hall–Kier alpha value is -1.70. The van der Waals surface area contributed by atoms with Gasteiger partial charge in [-0.2, -0.15) is 13.2 Å². The van der Waals surface area contributed by atoms with E-state index in [0.717, 1.165) is 19.3 Å². The molecule has 8 heteroatoms. The van der Waals surface area contributed by atoms with Crippen LogP contribution in [0.4, 0.5) is 13.2 Å². The smallest absolute Gasteiger partial charge is 0.383 e. The maximum absolute atomic E-state index is 12.8. The zero-order valence-corrected chi connectivity index (χ0v) is 12.5. The monoisotopic (exact) mass is 317 g/mol. The Morgan fingerprint density at radius 2 is 2.14 bits per heavy atom. The lowest BCUT2D eigenvalue weighted by Gasteiger charge is -2.35. The van der Waals surface area contributed by atoms with Crippen LogP contribution in [0.5, 0.6) is 0 Å². The molecule has 1 aliphatic rings. The molecule has 1 aliphatic heterocycles. The first-order valence-electron chi connectivity index (χ1n) is 7.05. The number of likely N-dealkylation sites (tertiary alicyclic amines) is 1. The number of methoxy groups -OCH3 is 1. The Balaban J connectivity index is 2.30. The molecule has 0 aromatic carbocycles. The number of carbonyl (C=O) groups excluding carboxylic acids is 1. The highest BCUT2D eigenvalue weighted by molar-refractivity contribution is 5.92. The molecule has 1 fully saturated rings. The lowest BCUT2D eigenvalue weighted by atomic mass is 10.0. The summed E-state index contributed by atoms with van der Waals surface area (Å²) in [6.45, 7) is 2.27. The summed E-state index contributed by atoms with van der Waals surface area (Å²) >= 11 is 0. The van der Waals surface area contributed by atoms with E-state index in [2.05, 4.69) is 9.97 Å². The third-order valence-electron chi connectivity index (χ3n) is 3.57. The van der Waals surface area contributed by atoms with Crippen LogP contribution in [0.25, 0.3) is 0 Å². The maximum Gasteiger partial charge on any atom is 0.451 e. The van der Waals surface area contributed by atoms with E-state index >= 15 is 0 Å². The highest BCUT2D eigenvalue weighted by atomic mass is 19.4. The average Bonchev–Trinajstić information content (AvgIpc) is 2.46. The zero-order chi connectivity index (χ0) is 16.3. The van der Waals surface area contributed by atoms with Crippen LogP contribution in [0, 0.1) is 6.92 Å². The summed E-state index contributed by atoms with van der Waals surface area (Å²) in [7, 11) is 1.54. The standard InChI is InChI=1S/C14H18F3N3O2/c1-9-7-11(19-13(18-9)14(15,16)17)12(21)20-6-4-3-5-10(20)8-22-2/h7,10H,3-6,8H2,1-2H3. The number of amides is 1. The van der Waals surface area contributed by atoms with Crippen molar-refractivity contribution in [1.82, 2.24) is 14.9 Å². The van der Waals surface area contributed by atoms with Crippen LogP contribution in [-0.2, 0) is 10.9 Å². The lowest BCUT2D eigenvalue weighted by Crippen LogP contribution is -2.46. The topological polar surface area (TPSA) is 55.3 Å². The molecule has 2 rings (SSSR count). The number of carbonyl (C=O) groups is 1. The van der Waals surface area contributed by atoms with Crippen molar-refractivity contribution in [3.63, 3.8) is 0 Å². The van der Waals surface area contributed by atoms with Gasteiger partial charge < -0.3 is 9.64 Å². The number of halogens is 3. The van der Waals surface area contributed by atoms with Gasteiger partial charge in [0, 0.05) is 19.3 Å². The Labute approximate surface area is 126 Å². The molecule has 1 aromatic rings. The van der Waals surface area contributed by atoms with E-state index in [0.29, 0.717) is 13.2 Å². The normalized spacial score (nSPS) is 19.3. The van der Waals surface area contributed by atoms with Gasteiger partial charge in [0.2, 0.25) is 5.82 Å². The number of piperidine rings is 1. The molecular formula is C14H18F3N3O2. The Bertz CT molecular complexity index is 547. The van der Waals surface area contributed by atoms with E-state index in [1.54, 1.807) is 4.90 Å². The summed E-state index contributed by atoms with van der Waals surface area (Å²) in [6.07, 6.45) is -2.11. The molecule has 0 saturated carbocycles. The number of aryl methyl sites for hydroxylation is 1. The number of rotatable bonds is 3. The van der Waals surface area contributed by atoms with Crippen LogP contribution in [0.3, 0.4) is 0 Å². The molecule has 1 unspecified atom stereocenters. The van der Waals surface area contributed by atoms with Crippen LogP contribution in [0.15, 0.2) is 6.07 Å². The molecule has 0 bridgehead atoms. The summed E-state index contributed by atoms with van der Waals surface area (Å²) < 4.78 is 43.4. The van der Waals surface area contributed by atoms with E-state index in [-0.39, 0.29) is 17.4 Å². The van der Waals surface area contributed by atoms with Crippen LogP contribution in [-0.4, -0.2) is 47.1 Å². The summed E-state index contributed by atoms with van der Waals surface area (Å²) in [6, 6.07) is 1.16. The van der Waals surface area contributed by atoms with Crippen molar-refractivity contribution < 1.29 is 22.7 Å². The van der Waals surface area contributed by atoms with E-state index in [1.165, 1.54) is 20.1 Å². The second-order valence-corrected chi connectivity index (χ2v) is 5.32. The highest BCUT2D eigenvalue weighted by Gasteiger charge is 2.36. The minimum absolute atomic E-state index is 0.117. The maximum atomic E-state index is 12.8. The van der Waals surface area contributed by atoms with Crippen molar-refractivity contribution in [2.45, 2.75) is 38.4 Å². The Morgan fingerprint density at radius 3 is 2.77 bits per heavy atom. The second kappa shape index (κ2) is 6.60. The Morgan fingerprint density at radius 1 is 1.41 bits per heavy atom. The summed E-state index contributed by atoms with van der Waals surface area (Å²) in [4.78, 5) is 20.8. The van der Waals surface area contributed by atoms with Crippen molar-refractivity contribution in [1.29, 1.82) is 0 Å². The summed E-state index contributed by atoms with van der Waals surface area (Å²) in [5.41, 5.74) is -0.103. The third kappa shape index (κ3) is 3.73. The van der Waals surface area contributed by atoms with Gasteiger partial charge in [-0.3, -0.25) is 4.79 Å². The van der Waals surface area contributed by atoms with Gasteiger partial charge in [-0.25, -0.2) is 9.97 Å². The van der Waals surface area contributed by atoms with Crippen molar-refractivity contribution in [2.75, 3.05) is 20.3 Å². The van der Waals surface area contributed by atoms with Crippen LogP contribution in [0.2, 0.25) is 0 Å². The minimum Gasteiger partial charge on any atom is -0.383 e. The van der Waals surface area contributed by atoms with Gasteiger partial charge in [0.05, 0.1) is 12.6 Å². The van der Waals surface area contributed by atoms with E-state index in [4.69, 9.17) is 4.74 Å². The van der Waals surface area contributed by atoms with Crippen molar-refractivity contribution in [3.8, 4) is 0 Å². The van der Waals surface area contributed by atoms with E-state index in [1.807, 2.05) is 0 Å². The Kier molecular flexibility index (Phi) is 5.00. The molecule has 2 heterocycles. The lowest BCUT2D eigenvalue weighted by molar-refractivity contribution is -0.145.